The van der Waals surface area contributed by atoms with Crippen LogP contribution in [0.2, 0.25) is 0 Å². The summed E-state index contributed by atoms with van der Waals surface area (Å²) in [5.74, 6) is 0. The van der Waals surface area contributed by atoms with Gasteiger partial charge < -0.3 is 4.74 Å². The van der Waals surface area contributed by atoms with Gasteiger partial charge in [0.05, 0.1) is 13.2 Å². The Hall–Kier alpha value is -0.820. The zero-order valence-electron chi connectivity index (χ0n) is 6.55. The van der Waals surface area contributed by atoms with Gasteiger partial charge in [-0.1, -0.05) is 24.3 Å². The molecule has 1 heteroatoms. The van der Waals surface area contributed by atoms with Crippen molar-refractivity contribution in [3.8, 4) is 0 Å². The quantitative estimate of drug-likeness (QED) is 0.545. The molecule has 2 rings (SSSR count). The molecule has 11 heavy (non-hydrogen) atoms. The van der Waals surface area contributed by atoms with Crippen molar-refractivity contribution in [2.75, 3.05) is 13.2 Å². The number of ether oxygens (including phenoxy) is 1. The second-order valence-corrected chi connectivity index (χ2v) is 2.88. The highest BCUT2D eigenvalue weighted by molar-refractivity contribution is 5.27. The predicted octanol–water partition coefficient (Wildman–Crippen LogP) is 1.80. The van der Waals surface area contributed by atoms with Crippen molar-refractivity contribution in [2.45, 2.75) is 12.8 Å². The fraction of sp³-hybridized carbons (Fsp3) is 0.400. The molecular formula is C10H12O. The van der Waals surface area contributed by atoms with Gasteiger partial charge in [0.2, 0.25) is 0 Å². The molecular weight excluding hydrogens is 136 g/mol. The van der Waals surface area contributed by atoms with Crippen LogP contribution >= 0.6 is 0 Å². The second kappa shape index (κ2) is 3.05. The number of benzene rings is 1. The van der Waals surface area contributed by atoms with E-state index in [4.69, 9.17) is 4.74 Å². The molecule has 1 aromatic carbocycles. The van der Waals surface area contributed by atoms with Crippen molar-refractivity contribution in [3.63, 3.8) is 0 Å². The van der Waals surface area contributed by atoms with Crippen LogP contribution in [0.5, 0.6) is 0 Å². The van der Waals surface area contributed by atoms with E-state index in [0.717, 1.165) is 26.1 Å². The molecule has 1 aliphatic rings. The lowest BCUT2D eigenvalue weighted by Crippen LogP contribution is -1.94. The largest absolute Gasteiger partial charge is 0.381 e. The molecule has 0 amide bonds. The predicted molar refractivity (Wildman–Crippen MR) is 44.7 cm³/mol. The first-order chi connectivity index (χ1) is 5.47. The Kier molecular flexibility index (Phi) is 1.91. The monoisotopic (exact) mass is 148 g/mol. The minimum absolute atomic E-state index is 0.886. The van der Waals surface area contributed by atoms with Gasteiger partial charge in [0.25, 0.3) is 0 Å². The van der Waals surface area contributed by atoms with Crippen LogP contribution in [0.25, 0.3) is 0 Å². The Bertz CT molecular complexity index is 217. The van der Waals surface area contributed by atoms with E-state index in [0.29, 0.717) is 0 Å². The van der Waals surface area contributed by atoms with Crippen molar-refractivity contribution < 1.29 is 4.74 Å². The summed E-state index contributed by atoms with van der Waals surface area (Å²) >= 11 is 0. The maximum atomic E-state index is 5.38. The highest BCUT2D eigenvalue weighted by Crippen LogP contribution is 2.13. The lowest BCUT2D eigenvalue weighted by molar-refractivity contribution is 0.146. The zero-order valence-corrected chi connectivity index (χ0v) is 6.55. The Morgan fingerprint density at radius 2 is 1.45 bits per heavy atom. The molecule has 1 nitrogen and oxygen atoms in total. The molecule has 1 aromatic rings. The maximum Gasteiger partial charge on any atom is 0.0506 e. The molecule has 0 aromatic heterocycles. The molecule has 0 N–H and O–H groups in total. The molecule has 0 unspecified atom stereocenters. The van der Waals surface area contributed by atoms with E-state index in [1.54, 1.807) is 0 Å². The average molecular weight is 148 g/mol. The third kappa shape index (κ3) is 1.43. The first kappa shape index (κ1) is 6.86. The third-order valence-electron chi connectivity index (χ3n) is 2.15. The SMILES string of the molecule is c1ccc2c(c1)CCOCC2. The number of rotatable bonds is 0. The summed E-state index contributed by atoms with van der Waals surface area (Å²) in [6.45, 7) is 1.77. The van der Waals surface area contributed by atoms with E-state index in [-0.39, 0.29) is 0 Å². The standard InChI is InChI=1S/C10H12O/c1-2-4-10-6-8-11-7-5-9(10)3-1/h1-4H,5-8H2. The topological polar surface area (TPSA) is 9.23 Å². The molecule has 58 valence electrons. The van der Waals surface area contributed by atoms with E-state index in [1.165, 1.54) is 11.1 Å². The van der Waals surface area contributed by atoms with Crippen LogP contribution in [0.1, 0.15) is 11.1 Å². The lowest BCUT2D eigenvalue weighted by Gasteiger charge is -2.01. The third-order valence-corrected chi connectivity index (χ3v) is 2.15. The molecule has 1 aliphatic heterocycles. The minimum atomic E-state index is 0.886. The second-order valence-electron chi connectivity index (χ2n) is 2.88. The maximum absolute atomic E-state index is 5.38. The van der Waals surface area contributed by atoms with Crippen LogP contribution in [-0.2, 0) is 17.6 Å². The van der Waals surface area contributed by atoms with Crippen LogP contribution in [0.4, 0.5) is 0 Å². The molecule has 0 atom stereocenters. The van der Waals surface area contributed by atoms with Crippen molar-refractivity contribution >= 4 is 0 Å². The van der Waals surface area contributed by atoms with E-state index in [1.807, 2.05) is 0 Å². The van der Waals surface area contributed by atoms with E-state index >= 15 is 0 Å². The van der Waals surface area contributed by atoms with Gasteiger partial charge in [-0.2, -0.15) is 0 Å². The molecule has 0 bridgehead atoms. The summed E-state index contributed by atoms with van der Waals surface area (Å²) in [5, 5.41) is 0. The van der Waals surface area contributed by atoms with Gasteiger partial charge in [-0.3, -0.25) is 0 Å². The molecule has 0 saturated carbocycles. The van der Waals surface area contributed by atoms with Gasteiger partial charge in [0.15, 0.2) is 0 Å². The summed E-state index contributed by atoms with van der Waals surface area (Å²) in [7, 11) is 0. The Morgan fingerprint density at radius 1 is 0.909 bits per heavy atom. The molecule has 0 fully saturated rings. The summed E-state index contributed by atoms with van der Waals surface area (Å²) in [5.41, 5.74) is 2.93. The van der Waals surface area contributed by atoms with Crippen molar-refractivity contribution in [1.82, 2.24) is 0 Å². The Morgan fingerprint density at radius 3 is 2.00 bits per heavy atom. The number of fused-ring (bicyclic) bond motifs is 1. The smallest absolute Gasteiger partial charge is 0.0506 e. The first-order valence-corrected chi connectivity index (χ1v) is 4.11. The van der Waals surface area contributed by atoms with Gasteiger partial charge in [0.1, 0.15) is 0 Å². The van der Waals surface area contributed by atoms with E-state index in [2.05, 4.69) is 24.3 Å². The molecule has 0 spiro atoms. The number of hydrogen-bond acceptors (Lipinski definition) is 1. The van der Waals surface area contributed by atoms with Crippen molar-refractivity contribution in [2.24, 2.45) is 0 Å². The fourth-order valence-corrected chi connectivity index (χ4v) is 1.51. The zero-order chi connectivity index (χ0) is 7.52. The van der Waals surface area contributed by atoms with Gasteiger partial charge >= 0.3 is 0 Å². The van der Waals surface area contributed by atoms with Crippen LogP contribution in [0.15, 0.2) is 24.3 Å². The van der Waals surface area contributed by atoms with Gasteiger partial charge in [-0.25, -0.2) is 0 Å². The summed E-state index contributed by atoms with van der Waals surface area (Å²) in [4.78, 5) is 0. The molecule has 0 radical (unpaired) electrons. The Balaban J connectivity index is 2.33. The summed E-state index contributed by atoms with van der Waals surface area (Å²) in [6, 6.07) is 8.60. The highest BCUT2D eigenvalue weighted by atomic mass is 16.5. The lowest BCUT2D eigenvalue weighted by atomic mass is 10.0. The highest BCUT2D eigenvalue weighted by Gasteiger charge is 2.05. The normalized spacial score (nSPS) is 17.1. The van der Waals surface area contributed by atoms with Crippen molar-refractivity contribution in [1.29, 1.82) is 0 Å². The van der Waals surface area contributed by atoms with E-state index < -0.39 is 0 Å². The minimum Gasteiger partial charge on any atom is -0.381 e. The first-order valence-electron chi connectivity index (χ1n) is 4.11. The average Bonchev–Trinajstić information content (AvgIpc) is 2.28. The molecule has 1 heterocycles. The van der Waals surface area contributed by atoms with Crippen LogP contribution in [-0.4, -0.2) is 13.2 Å². The molecule has 0 saturated heterocycles. The van der Waals surface area contributed by atoms with Gasteiger partial charge in [0, 0.05) is 0 Å². The van der Waals surface area contributed by atoms with Crippen molar-refractivity contribution in [3.05, 3.63) is 35.4 Å². The van der Waals surface area contributed by atoms with Gasteiger partial charge in [-0.15, -0.1) is 0 Å². The van der Waals surface area contributed by atoms with Crippen LogP contribution in [0.3, 0.4) is 0 Å². The van der Waals surface area contributed by atoms with Gasteiger partial charge in [-0.05, 0) is 24.0 Å². The summed E-state index contributed by atoms with van der Waals surface area (Å²) < 4.78 is 5.38. The fourth-order valence-electron chi connectivity index (χ4n) is 1.51. The summed E-state index contributed by atoms with van der Waals surface area (Å²) in [6.07, 6.45) is 2.16. The molecule has 0 aliphatic carbocycles. The van der Waals surface area contributed by atoms with Crippen LogP contribution in [0, 0.1) is 0 Å². The Labute approximate surface area is 67.0 Å². The number of hydrogen-bond donors (Lipinski definition) is 0. The van der Waals surface area contributed by atoms with Crippen LogP contribution < -0.4 is 0 Å². The van der Waals surface area contributed by atoms with E-state index in [9.17, 15) is 0 Å².